The van der Waals surface area contributed by atoms with Crippen molar-refractivity contribution in [3.8, 4) is 22.5 Å². The van der Waals surface area contributed by atoms with Gasteiger partial charge in [0, 0.05) is 54.2 Å². The molecule has 0 spiro atoms. The zero-order valence-electron chi connectivity index (χ0n) is 33.5. The molecule has 0 N–H and O–H groups in total. The van der Waals surface area contributed by atoms with E-state index < -0.39 is 48.4 Å². The molecule has 7 heteroatoms. The quantitative estimate of drug-likeness (QED) is 0.167. The van der Waals surface area contributed by atoms with Gasteiger partial charge in [0.25, 0.3) is 0 Å². The monoisotopic (exact) mass is 815 g/mol. The molecule has 0 aliphatic rings. The number of furan rings is 1. The van der Waals surface area contributed by atoms with Crippen LogP contribution in [0.4, 0.5) is 13.2 Å². The average molecular weight is 815 g/mol. The predicted molar refractivity (Wildman–Crippen MR) is 179 cm³/mol. The number of rotatable bonds is 3. The third-order valence-electron chi connectivity index (χ3n) is 7.16. The summed E-state index contributed by atoms with van der Waals surface area (Å²) in [6.45, 7) is 0.206. The minimum atomic E-state index is -4.66. The first-order chi connectivity index (χ1) is 25.1. The molecule has 7 aromatic rings. The van der Waals surface area contributed by atoms with Crippen molar-refractivity contribution in [1.29, 1.82) is 0 Å². The van der Waals surface area contributed by atoms with Crippen molar-refractivity contribution < 1.29 is 48.7 Å². The molecule has 0 amide bonds. The van der Waals surface area contributed by atoms with E-state index in [-0.39, 0.29) is 53.3 Å². The van der Waals surface area contributed by atoms with Gasteiger partial charge in [-0.1, -0.05) is 79.7 Å². The smallest absolute Gasteiger partial charge is 0.417 e. The molecule has 0 aliphatic heterocycles. The summed E-state index contributed by atoms with van der Waals surface area (Å²) >= 11 is 0. The number of nitrogens with zero attached hydrogens (tertiary/aromatic N) is 2. The van der Waals surface area contributed by atoms with Crippen LogP contribution in [-0.4, -0.2) is 9.97 Å². The van der Waals surface area contributed by atoms with E-state index in [1.165, 1.54) is 12.1 Å². The molecule has 3 aromatic heterocycles. The molecule has 0 fully saturated rings. The number of aromatic nitrogens is 2. The molecule has 7 rings (SSSR count). The van der Waals surface area contributed by atoms with E-state index in [1.54, 1.807) is 30.5 Å². The van der Waals surface area contributed by atoms with Crippen LogP contribution in [0.2, 0.25) is 0 Å². The third kappa shape index (κ3) is 7.32. The van der Waals surface area contributed by atoms with Crippen LogP contribution >= 0.6 is 0 Å². The SMILES string of the molecule is [2H]C([2H])([2H])c1cnc(-c2[c-]ccc3c2oc2c4ccccc4cc(C(F)(F)F)c32)cc1C([2H])([2H])[2H].[2H]C([2H])(c1ccc(-c2[c-]cccc2)nc1)C(C)(C)C.[Ir]. The van der Waals surface area contributed by atoms with E-state index in [4.69, 9.17) is 15.4 Å². The van der Waals surface area contributed by atoms with Crippen molar-refractivity contribution in [3.63, 3.8) is 0 Å². The molecule has 0 unspecified atom stereocenters. The van der Waals surface area contributed by atoms with Gasteiger partial charge in [0.1, 0.15) is 5.58 Å². The molecule has 0 bridgehead atoms. The molecular weight excluding hydrogens is 774 g/mol. The normalized spacial score (nSPS) is 15.1. The van der Waals surface area contributed by atoms with Crippen LogP contribution < -0.4 is 0 Å². The van der Waals surface area contributed by atoms with Gasteiger partial charge in [0.15, 0.2) is 0 Å². The van der Waals surface area contributed by atoms with E-state index >= 15 is 0 Å². The Balaban J connectivity index is 0.000000246. The van der Waals surface area contributed by atoms with E-state index in [2.05, 4.69) is 22.1 Å². The number of alkyl halides is 3. The van der Waals surface area contributed by atoms with Crippen molar-refractivity contribution in [2.24, 2.45) is 5.41 Å². The summed E-state index contributed by atoms with van der Waals surface area (Å²) in [4.78, 5) is 8.48. The fourth-order valence-electron chi connectivity index (χ4n) is 5.20. The van der Waals surface area contributed by atoms with Gasteiger partial charge in [-0.25, -0.2) is 0 Å². The molecule has 241 valence electrons. The Morgan fingerprint density at radius 2 is 1.55 bits per heavy atom. The van der Waals surface area contributed by atoms with Gasteiger partial charge in [-0.2, -0.15) is 13.2 Å². The summed E-state index contributed by atoms with van der Waals surface area (Å²) in [5.41, 5.74) is 0.375. The second-order valence-electron chi connectivity index (χ2n) is 11.7. The third-order valence-corrected chi connectivity index (χ3v) is 7.16. The van der Waals surface area contributed by atoms with Crippen LogP contribution in [0.15, 0.2) is 102 Å². The van der Waals surface area contributed by atoms with Crippen molar-refractivity contribution in [2.45, 2.75) is 47.0 Å². The Bertz CT molecular complexity index is 2470. The summed E-state index contributed by atoms with van der Waals surface area (Å²) in [6.07, 6.45) is -3.48. The molecule has 0 atom stereocenters. The number of aryl methyl sites for hydroxylation is 2. The van der Waals surface area contributed by atoms with Crippen LogP contribution in [0.1, 0.15) is 54.0 Å². The van der Waals surface area contributed by atoms with Crippen LogP contribution in [0, 0.1) is 31.3 Å². The zero-order chi connectivity index (χ0) is 39.4. The van der Waals surface area contributed by atoms with Gasteiger partial charge < -0.3 is 14.4 Å². The molecule has 0 saturated carbocycles. The molecule has 3 heterocycles. The van der Waals surface area contributed by atoms with Gasteiger partial charge in [-0.15, -0.1) is 54.1 Å². The standard InChI is InChI=1S/C24H15F3NO.C16H18N.Ir/c1-13-10-20(28-12-14(13)2)17-8-5-9-18-21-19(24(25,26)27)11-15-6-3-4-7-16(15)23(21)29-22(17)18;1-16(2,3)11-13-9-10-15(17-12-13)14-7-5-4-6-8-14;/h3-7,9-12H,1-2H3;4-7,9-10,12H,11H2,1-3H3;/q2*-1;/i1D3,2D3;11D2;. The Morgan fingerprint density at radius 1 is 0.787 bits per heavy atom. The molecule has 0 aliphatic carbocycles. The summed E-state index contributed by atoms with van der Waals surface area (Å²) in [5.74, 6) is 0. The maximum atomic E-state index is 14.0. The van der Waals surface area contributed by atoms with Gasteiger partial charge in [-0.05, 0) is 59.5 Å². The predicted octanol–water partition coefficient (Wildman–Crippen LogP) is 11.4. The van der Waals surface area contributed by atoms with Gasteiger partial charge >= 0.3 is 6.18 Å². The van der Waals surface area contributed by atoms with E-state index in [1.807, 2.05) is 57.2 Å². The Morgan fingerprint density at radius 3 is 2.23 bits per heavy atom. The van der Waals surface area contributed by atoms with Gasteiger partial charge in [0.05, 0.1) is 11.1 Å². The van der Waals surface area contributed by atoms with Crippen molar-refractivity contribution in [1.82, 2.24) is 9.97 Å². The Labute approximate surface area is 297 Å². The Kier molecular flexibility index (Phi) is 7.08. The van der Waals surface area contributed by atoms with Crippen LogP contribution in [-0.2, 0) is 32.7 Å². The first-order valence-corrected chi connectivity index (χ1v) is 14.4. The first-order valence-electron chi connectivity index (χ1n) is 18.4. The molecule has 1 radical (unpaired) electrons. The molecule has 47 heavy (non-hydrogen) atoms. The number of halogens is 3. The summed E-state index contributed by atoms with van der Waals surface area (Å²) in [7, 11) is 0. The number of hydrogen-bond donors (Lipinski definition) is 0. The fourth-order valence-corrected chi connectivity index (χ4v) is 5.20. The topological polar surface area (TPSA) is 38.9 Å². The van der Waals surface area contributed by atoms with Gasteiger partial charge in [-0.3, -0.25) is 0 Å². The van der Waals surface area contributed by atoms with E-state index in [0.29, 0.717) is 16.3 Å². The maximum absolute atomic E-state index is 14.0. The van der Waals surface area contributed by atoms with Crippen molar-refractivity contribution in [3.05, 3.63) is 132 Å². The van der Waals surface area contributed by atoms with Gasteiger partial charge in [0.2, 0.25) is 0 Å². The number of hydrogen-bond acceptors (Lipinski definition) is 3. The van der Waals surface area contributed by atoms with Crippen LogP contribution in [0.5, 0.6) is 0 Å². The van der Waals surface area contributed by atoms with Crippen LogP contribution in [0.3, 0.4) is 0 Å². The second-order valence-corrected chi connectivity index (χ2v) is 11.7. The maximum Gasteiger partial charge on any atom is 0.417 e. The molecular formula is C40H33F3IrN2O-2. The molecule has 0 saturated heterocycles. The van der Waals surface area contributed by atoms with Crippen molar-refractivity contribution in [2.75, 3.05) is 0 Å². The zero-order valence-corrected chi connectivity index (χ0v) is 27.9. The number of pyridine rings is 2. The largest absolute Gasteiger partial charge is 0.500 e. The Hall–Kier alpha value is -4.32. The average Bonchev–Trinajstić information content (AvgIpc) is 3.50. The second kappa shape index (κ2) is 13.4. The summed E-state index contributed by atoms with van der Waals surface area (Å²) in [6, 6.07) is 28.8. The van der Waals surface area contributed by atoms with Crippen molar-refractivity contribution >= 4 is 32.7 Å². The number of benzene rings is 4. The minimum absolute atomic E-state index is 0. The van der Waals surface area contributed by atoms with Crippen LogP contribution in [0.25, 0.3) is 55.2 Å². The first kappa shape index (κ1) is 24.8. The summed E-state index contributed by atoms with van der Waals surface area (Å²) < 4.78 is 111. The molecule has 4 aromatic carbocycles. The van der Waals surface area contributed by atoms with E-state index in [9.17, 15) is 13.2 Å². The minimum Gasteiger partial charge on any atom is -0.500 e. The fraction of sp³-hybridized carbons (Fsp3) is 0.200. The number of fused-ring (bicyclic) bond motifs is 5. The molecule has 3 nitrogen and oxygen atoms in total. The summed E-state index contributed by atoms with van der Waals surface area (Å²) in [5, 5.41) is 0.855. The van der Waals surface area contributed by atoms with E-state index in [0.717, 1.165) is 29.6 Å².